The molecule has 29 heavy (non-hydrogen) atoms. The maximum Gasteiger partial charge on any atom is 0.254 e. The monoisotopic (exact) mass is 474 g/mol. The molecule has 1 N–H and O–H groups in total. The van der Waals surface area contributed by atoms with Gasteiger partial charge in [0.15, 0.2) is 0 Å². The number of aromatic nitrogens is 2. The number of hydrogen-bond donors (Lipinski definition) is 1. The summed E-state index contributed by atoms with van der Waals surface area (Å²) in [4.78, 5) is 27.0. The van der Waals surface area contributed by atoms with Crippen molar-refractivity contribution in [1.82, 2.24) is 15.1 Å². The van der Waals surface area contributed by atoms with Gasteiger partial charge in [-0.25, -0.2) is 4.39 Å². The quantitative estimate of drug-likeness (QED) is 0.609. The van der Waals surface area contributed by atoms with E-state index in [0.717, 1.165) is 10.0 Å². The van der Waals surface area contributed by atoms with E-state index >= 15 is 0 Å². The summed E-state index contributed by atoms with van der Waals surface area (Å²) in [5.41, 5.74) is 1.13. The van der Waals surface area contributed by atoms with E-state index in [1.165, 1.54) is 34.4 Å². The van der Waals surface area contributed by atoms with Crippen molar-refractivity contribution in [3.63, 3.8) is 0 Å². The second-order valence-corrected chi connectivity index (χ2v) is 8.47. The standard InChI is InChI=1S/C20H16BrFN4O2S/c21-14-8-6-12(7-9-14)18-24-25-20(29-18)23-17(27)16-5-2-10-26(16)19(28)13-3-1-4-15(22)11-13/h1,3-4,6-9,11,16H,2,5,10H2,(H,23,25,27). The van der Waals surface area contributed by atoms with Crippen LogP contribution in [0.25, 0.3) is 10.6 Å². The summed E-state index contributed by atoms with van der Waals surface area (Å²) in [6.07, 6.45) is 1.25. The third-order valence-electron chi connectivity index (χ3n) is 4.63. The lowest BCUT2D eigenvalue weighted by Crippen LogP contribution is -2.43. The van der Waals surface area contributed by atoms with Gasteiger partial charge in [0.25, 0.3) is 5.91 Å². The maximum absolute atomic E-state index is 13.5. The Bertz CT molecular complexity index is 1060. The molecule has 2 heterocycles. The fourth-order valence-corrected chi connectivity index (χ4v) is 4.26. The fourth-order valence-electron chi connectivity index (χ4n) is 3.24. The number of carbonyl (C=O) groups is 2. The van der Waals surface area contributed by atoms with Gasteiger partial charge in [0.05, 0.1) is 0 Å². The first-order valence-electron chi connectivity index (χ1n) is 8.98. The number of nitrogens with one attached hydrogen (secondary N) is 1. The van der Waals surface area contributed by atoms with Crippen LogP contribution in [0.15, 0.2) is 53.0 Å². The van der Waals surface area contributed by atoms with E-state index in [9.17, 15) is 14.0 Å². The fraction of sp³-hybridized carbons (Fsp3) is 0.200. The van der Waals surface area contributed by atoms with Crippen molar-refractivity contribution in [3.8, 4) is 10.6 Å². The molecule has 0 bridgehead atoms. The van der Waals surface area contributed by atoms with E-state index in [0.29, 0.717) is 29.5 Å². The predicted molar refractivity (Wildman–Crippen MR) is 112 cm³/mol. The summed E-state index contributed by atoms with van der Waals surface area (Å²) in [7, 11) is 0. The molecule has 6 nitrogen and oxygen atoms in total. The van der Waals surface area contributed by atoms with Crippen LogP contribution in [-0.4, -0.2) is 39.5 Å². The van der Waals surface area contributed by atoms with Crippen molar-refractivity contribution in [2.45, 2.75) is 18.9 Å². The molecule has 2 aromatic carbocycles. The molecule has 0 radical (unpaired) electrons. The lowest BCUT2D eigenvalue weighted by atomic mass is 10.1. The number of amides is 2. The van der Waals surface area contributed by atoms with Crippen LogP contribution < -0.4 is 5.32 Å². The number of rotatable bonds is 4. The number of anilines is 1. The minimum Gasteiger partial charge on any atom is -0.327 e. The van der Waals surface area contributed by atoms with Gasteiger partial charge in [0, 0.05) is 22.1 Å². The third kappa shape index (κ3) is 4.35. The zero-order valence-corrected chi connectivity index (χ0v) is 17.5. The van der Waals surface area contributed by atoms with Crippen LogP contribution in [-0.2, 0) is 4.79 Å². The van der Waals surface area contributed by atoms with Crippen molar-refractivity contribution in [2.75, 3.05) is 11.9 Å². The highest BCUT2D eigenvalue weighted by Gasteiger charge is 2.35. The van der Waals surface area contributed by atoms with Gasteiger partial charge >= 0.3 is 0 Å². The van der Waals surface area contributed by atoms with Crippen LogP contribution in [0.5, 0.6) is 0 Å². The summed E-state index contributed by atoms with van der Waals surface area (Å²) in [6, 6.07) is 12.5. The van der Waals surface area contributed by atoms with Gasteiger partial charge in [-0.3, -0.25) is 14.9 Å². The first-order chi connectivity index (χ1) is 14.0. The van der Waals surface area contributed by atoms with E-state index in [2.05, 4.69) is 31.4 Å². The highest BCUT2D eigenvalue weighted by molar-refractivity contribution is 9.10. The summed E-state index contributed by atoms with van der Waals surface area (Å²) in [5, 5.41) is 12.0. The van der Waals surface area contributed by atoms with E-state index < -0.39 is 11.9 Å². The molecular weight excluding hydrogens is 459 g/mol. The summed E-state index contributed by atoms with van der Waals surface area (Å²) < 4.78 is 14.4. The first kappa shape index (κ1) is 19.7. The molecular formula is C20H16BrFN4O2S. The minimum absolute atomic E-state index is 0.234. The average molecular weight is 475 g/mol. The molecule has 1 unspecified atom stereocenters. The molecule has 1 saturated heterocycles. The number of carbonyl (C=O) groups excluding carboxylic acids is 2. The minimum atomic E-state index is -0.620. The molecule has 2 amide bonds. The summed E-state index contributed by atoms with van der Waals surface area (Å²) >= 11 is 4.65. The molecule has 4 rings (SSSR count). The molecule has 0 aliphatic carbocycles. The second kappa shape index (κ2) is 8.38. The largest absolute Gasteiger partial charge is 0.327 e. The Hall–Kier alpha value is -2.65. The van der Waals surface area contributed by atoms with Crippen molar-refractivity contribution >= 4 is 44.2 Å². The van der Waals surface area contributed by atoms with E-state index in [1.54, 1.807) is 6.07 Å². The van der Waals surface area contributed by atoms with Crippen LogP contribution in [0.3, 0.4) is 0 Å². The van der Waals surface area contributed by atoms with Crippen molar-refractivity contribution in [3.05, 3.63) is 64.4 Å². The van der Waals surface area contributed by atoms with Crippen molar-refractivity contribution in [1.29, 1.82) is 0 Å². The molecule has 9 heteroatoms. The Morgan fingerprint density at radius 1 is 1.17 bits per heavy atom. The molecule has 1 fully saturated rings. The molecule has 0 spiro atoms. The van der Waals surface area contributed by atoms with Gasteiger partial charge < -0.3 is 4.90 Å². The molecule has 1 atom stereocenters. The average Bonchev–Trinajstić information content (AvgIpc) is 3.38. The number of nitrogens with zero attached hydrogens (tertiary/aromatic N) is 3. The van der Waals surface area contributed by atoms with Crippen LogP contribution in [0.2, 0.25) is 0 Å². The Morgan fingerprint density at radius 3 is 2.72 bits per heavy atom. The summed E-state index contributed by atoms with van der Waals surface area (Å²) in [6.45, 7) is 0.452. The van der Waals surface area contributed by atoms with Crippen molar-refractivity contribution in [2.24, 2.45) is 0 Å². The molecule has 1 aliphatic rings. The maximum atomic E-state index is 13.5. The van der Waals surface area contributed by atoms with Gasteiger partial charge in [-0.1, -0.05) is 45.5 Å². The van der Waals surface area contributed by atoms with Gasteiger partial charge in [-0.15, -0.1) is 10.2 Å². The number of hydrogen-bond acceptors (Lipinski definition) is 5. The van der Waals surface area contributed by atoms with Gasteiger partial charge in [-0.05, 0) is 43.2 Å². The third-order valence-corrected chi connectivity index (χ3v) is 6.05. The highest BCUT2D eigenvalue weighted by atomic mass is 79.9. The second-order valence-electron chi connectivity index (χ2n) is 6.58. The Balaban J connectivity index is 1.46. The lowest BCUT2D eigenvalue weighted by Gasteiger charge is -2.23. The number of halogens is 2. The Kier molecular flexibility index (Phi) is 5.68. The SMILES string of the molecule is O=C(Nc1nnc(-c2ccc(Br)cc2)s1)C1CCCN1C(=O)c1cccc(F)c1. The van der Waals surface area contributed by atoms with Gasteiger partial charge in [0.2, 0.25) is 11.0 Å². The molecule has 1 aromatic heterocycles. The molecule has 148 valence electrons. The van der Waals surface area contributed by atoms with Gasteiger partial charge in [-0.2, -0.15) is 0 Å². The van der Waals surface area contributed by atoms with Crippen LogP contribution in [0.4, 0.5) is 9.52 Å². The van der Waals surface area contributed by atoms with Crippen molar-refractivity contribution < 1.29 is 14.0 Å². The van der Waals surface area contributed by atoms with Crippen LogP contribution in [0, 0.1) is 5.82 Å². The smallest absolute Gasteiger partial charge is 0.254 e. The lowest BCUT2D eigenvalue weighted by molar-refractivity contribution is -0.119. The zero-order chi connectivity index (χ0) is 20.4. The first-order valence-corrected chi connectivity index (χ1v) is 10.6. The number of benzene rings is 2. The van der Waals surface area contributed by atoms with E-state index in [1.807, 2.05) is 24.3 Å². The van der Waals surface area contributed by atoms with E-state index in [-0.39, 0.29) is 17.4 Å². The highest BCUT2D eigenvalue weighted by Crippen LogP contribution is 2.28. The van der Waals surface area contributed by atoms with E-state index in [4.69, 9.17) is 0 Å². The normalized spacial score (nSPS) is 16.1. The molecule has 0 saturated carbocycles. The topological polar surface area (TPSA) is 75.2 Å². The predicted octanol–water partition coefficient (Wildman–Crippen LogP) is 4.35. The van der Waals surface area contributed by atoms with Gasteiger partial charge in [0.1, 0.15) is 16.9 Å². The number of likely N-dealkylation sites (tertiary alicyclic amines) is 1. The molecule has 1 aliphatic heterocycles. The molecule has 3 aromatic rings. The Labute approximate surface area is 178 Å². The summed E-state index contributed by atoms with van der Waals surface area (Å²) in [5.74, 6) is -1.15. The zero-order valence-electron chi connectivity index (χ0n) is 15.1. The van der Waals surface area contributed by atoms with Crippen LogP contribution in [0.1, 0.15) is 23.2 Å². The van der Waals surface area contributed by atoms with Crippen LogP contribution >= 0.6 is 27.3 Å². The Morgan fingerprint density at radius 2 is 1.97 bits per heavy atom.